The summed E-state index contributed by atoms with van der Waals surface area (Å²) in [4.78, 5) is 16.0. The number of nitrogen functional groups attached to an aromatic ring is 1. The lowest BCUT2D eigenvalue weighted by molar-refractivity contribution is 0.0818. The van der Waals surface area contributed by atoms with Crippen LogP contribution in [0.3, 0.4) is 0 Å². The Hall–Kier alpha value is -1.33. The summed E-state index contributed by atoms with van der Waals surface area (Å²) in [5.41, 5.74) is 6.23. The lowest BCUT2D eigenvalue weighted by Crippen LogP contribution is -2.42. The Kier molecular flexibility index (Phi) is 4.61. The second kappa shape index (κ2) is 6.21. The van der Waals surface area contributed by atoms with Gasteiger partial charge in [0, 0.05) is 0 Å². The third-order valence-electron chi connectivity index (χ3n) is 3.40. The second-order valence-electron chi connectivity index (χ2n) is 4.89. The number of hydrogen-bond acceptors (Lipinski definition) is 4. The van der Waals surface area contributed by atoms with Crippen LogP contribution in [0, 0.1) is 0 Å². The van der Waals surface area contributed by atoms with Gasteiger partial charge < -0.3 is 16.2 Å². The Morgan fingerprint density at radius 2 is 2.16 bits per heavy atom. The van der Waals surface area contributed by atoms with Gasteiger partial charge in [-0.3, -0.25) is 4.79 Å². The fraction of sp³-hybridized carbons (Fsp3) is 0.538. The van der Waals surface area contributed by atoms with Crippen molar-refractivity contribution >= 4 is 23.2 Å². The summed E-state index contributed by atoms with van der Waals surface area (Å²) in [7, 11) is 0. The van der Waals surface area contributed by atoms with Crippen LogP contribution in [0.15, 0.2) is 12.3 Å². The minimum atomic E-state index is -0.501. The number of nitrogens with two attached hydrogens (primary N) is 1. The minimum Gasteiger partial charge on any atom is -0.397 e. The maximum Gasteiger partial charge on any atom is 0.254 e. The monoisotopic (exact) mass is 283 g/mol. The van der Waals surface area contributed by atoms with Crippen molar-refractivity contribution in [3.8, 4) is 0 Å². The molecule has 2 unspecified atom stereocenters. The van der Waals surface area contributed by atoms with Crippen LogP contribution in [0.4, 0.5) is 5.69 Å². The SMILES string of the molecule is Nc1cnc(Cl)c(C(=O)NC2CCCCCC2O)c1. The van der Waals surface area contributed by atoms with E-state index in [-0.39, 0.29) is 22.7 Å². The molecule has 1 aliphatic rings. The first-order chi connectivity index (χ1) is 9.08. The van der Waals surface area contributed by atoms with Crippen molar-refractivity contribution in [2.75, 3.05) is 5.73 Å². The zero-order chi connectivity index (χ0) is 13.8. The molecule has 1 saturated carbocycles. The lowest BCUT2D eigenvalue weighted by Gasteiger charge is -2.21. The van der Waals surface area contributed by atoms with Crippen molar-refractivity contribution in [2.24, 2.45) is 0 Å². The number of hydrogen-bond donors (Lipinski definition) is 3. The summed E-state index contributed by atoms with van der Waals surface area (Å²) in [6.45, 7) is 0. The molecule has 0 aromatic carbocycles. The van der Waals surface area contributed by atoms with E-state index in [1.807, 2.05) is 0 Å². The van der Waals surface area contributed by atoms with Crippen LogP contribution in [-0.2, 0) is 0 Å². The predicted molar refractivity (Wildman–Crippen MR) is 74.0 cm³/mol. The molecule has 1 fully saturated rings. The molecule has 0 saturated heterocycles. The maximum atomic E-state index is 12.1. The number of aromatic nitrogens is 1. The Labute approximate surface area is 117 Å². The molecule has 0 radical (unpaired) electrons. The summed E-state index contributed by atoms with van der Waals surface area (Å²) >= 11 is 5.89. The fourth-order valence-electron chi connectivity index (χ4n) is 2.33. The van der Waals surface area contributed by atoms with E-state index in [4.69, 9.17) is 17.3 Å². The molecule has 2 rings (SSSR count). The molecule has 1 amide bonds. The largest absolute Gasteiger partial charge is 0.397 e. The van der Waals surface area contributed by atoms with Gasteiger partial charge in [0.25, 0.3) is 5.91 Å². The van der Waals surface area contributed by atoms with Crippen LogP contribution in [0.2, 0.25) is 5.15 Å². The van der Waals surface area contributed by atoms with Crippen LogP contribution in [0.1, 0.15) is 42.5 Å². The first kappa shape index (κ1) is 14.1. The van der Waals surface area contributed by atoms with Gasteiger partial charge in [0.05, 0.1) is 29.6 Å². The van der Waals surface area contributed by atoms with E-state index in [1.54, 1.807) is 0 Å². The van der Waals surface area contributed by atoms with Crippen molar-refractivity contribution in [2.45, 2.75) is 44.2 Å². The number of halogens is 1. The van der Waals surface area contributed by atoms with Gasteiger partial charge in [-0.1, -0.05) is 30.9 Å². The number of pyridine rings is 1. The highest BCUT2D eigenvalue weighted by Gasteiger charge is 2.24. The molecular weight excluding hydrogens is 266 g/mol. The van der Waals surface area contributed by atoms with Gasteiger partial charge >= 0.3 is 0 Å². The number of anilines is 1. The quantitative estimate of drug-likeness (QED) is 0.570. The molecule has 1 aromatic rings. The van der Waals surface area contributed by atoms with Crippen molar-refractivity contribution in [3.05, 3.63) is 23.0 Å². The van der Waals surface area contributed by atoms with Gasteiger partial charge in [-0.2, -0.15) is 0 Å². The first-order valence-electron chi connectivity index (χ1n) is 6.48. The molecule has 0 bridgehead atoms. The Morgan fingerprint density at radius 3 is 2.95 bits per heavy atom. The number of aliphatic hydroxyl groups excluding tert-OH is 1. The Balaban J connectivity index is 2.09. The number of nitrogens with one attached hydrogen (secondary N) is 1. The van der Waals surface area contributed by atoms with Crippen molar-refractivity contribution < 1.29 is 9.90 Å². The fourth-order valence-corrected chi connectivity index (χ4v) is 2.52. The molecule has 5 nitrogen and oxygen atoms in total. The molecule has 0 spiro atoms. The van der Waals surface area contributed by atoms with Gasteiger partial charge in [0.2, 0.25) is 0 Å². The summed E-state index contributed by atoms with van der Waals surface area (Å²) in [5.74, 6) is -0.337. The molecule has 6 heteroatoms. The topological polar surface area (TPSA) is 88.2 Å². The second-order valence-corrected chi connectivity index (χ2v) is 5.25. The van der Waals surface area contributed by atoms with Crippen molar-refractivity contribution in [1.29, 1.82) is 0 Å². The van der Waals surface area contributed by atoms with Crippen molar-refractivity contribution in [3.63, 3.8) is 0 Å². The zero-order valence-electron chi connectivity index (χ0n) is 10.6. The van der Waals surface area contributed by atoms with E-state index in [0.717, 1.165) is 25.7 Å². The highest BCUT2D eigenvalue weighted by atomic mass is 35.5. The van der Waals surface area contributed by atoms with Gasteiger partial charge in [-0.05, 0) is 18.9 Å². The molecule has 1 heterocycles. The van der Waals surface area contributed by atoms with E-state index >= 15 is 0 Å². The van der Waals surface area contributed by atoms with E-state index in [2.05, 4.69) is 10.3 Å². The molecular formula is C13H18ClN3O2. The lowest BCUT2D eigenvalue weighted by atomic mass is 10.1. The average Bonchev–Trinajstić information content (AvgIpc) is 2.58. The third kappa shape index (κ3) is 3.58. The Bertz CT molecular complexity index is 467. The van der Waals surface area contributed by atoms with Crippen LogP contribution < -0.4 is 11.1 Å². The van der Waals surface area contributed by atoms with Gasteiger partial charge in [-0.25, -0.2) is 4.98 Å². The summed E-state index contributed by atoms with van der Waals surface area (Å²) in [5, 5.41) is 12.9. The number of carbonyl (C=O) groups excluding carboxylic acids is 1. The standard InChI is InChI=1S/C13H18ClN3O2/c14-12-9(6-8(15)7-16-12)13(19)17-10-4-2-1-3-5-11(10)18/h6-7,10-11,18H,1-5,15H2,(H,17,19). The first-order valence-corrected chi connectivity index (χ1v) is 6.85. The number of rotatable bonds is 2. The Morgan fingerprint density at radius 1 is 1.42 bits per heavy atom. The van der Waals surface area contributed by atoms with E-state index < -0.39 is 6.10 Å². The summed E-state index contributed by atoms with van der Waals surface area (Å²) in [6.07, 6.45) is 5.48. The van der Waals surface area contributed by atoms with Gasteiger partial charge in [-0.15, -0.1) is 0 Å². The average molecular weight is 284 g/mol. The number of amides is 1. The molecule has 0 aliphatic heterocycles. The molecule has 4 N–H and O–H groups in total. The zero-order valence-corrected chi connectivity index (χ0v) is 11.4. The summed E-state index contributed by atoms with van der Waals surface area (Å²) in [6, 6.07) is 1.26. The third-order valence-corrected chi connectivity index (χ3v) is 3.70. The molecule has 104 valence electrons. The minimum absolute atomic E-state index is 0.120. The van der Waals surface area contributed by atoms with Crippen LogP contribution in [0.5, 0.6) is 0 Å². The molecule has 1 aromatic heterocycles. The molecule has 19 heavy (non-hydrogen) atoms. The van der Waals surface area contributed by atoms with Crippen molar-refractivity contribution in [1.82, 2.24) is 10.3 Å². The molecule has 2 atom stereocenters. The number of aliphatic hydroxyl groups is 1. The van der Waals surface area contributed by atoms with E-state index in [9.17, 15) is 9.90 Å². The number of carbonyl (C=O) groups is 1. The van der Waals surface area contributed by atoms with Crippen LogP contribution in [-0.4, -0.2) is 28.1 Å². The van der Waals surface area contributed by atoms with E-state index in [0.29, 0.717) is 12.1 Å². The van der Waals surface area contributed by atoms with Gasteiger partial charge in [0.15, 0.2) is 0 Å². The van der Waals surface area contributed by atoms with Crippen LogP contribution in [0.25, 0.3) is 0 Å². The predicted octanol–water partition coefficient (Wildman–Crippen LogP) is 1.74. The smallest absolute Gasteiger partial charge is 0.254 e. The highest BCUT2D eigenvalue weighted by molar-refractivity contribution is 6.32. The maximum absolute atomic E-state index is 12.1. The number of nitrogens with zero attached hydrogens (tertiary/aromatic N) is 1. The summed E-state index contributed by atoms with van der Waals surface area (Å²) < 4.78 is 0. The van der Waals surface area contributed by atoms with E-state index in [1.165, 1.54) is 12.3 Å². The molecule has 1 aliphatic carbocycles. The highest BCUT2D eigenvalue weighted by Crippen LogP contribution is 2.20. The van der Waals surface area contributed by atoms with Gasteiger partial charge in [0.1, 0.15) is 5.15 Å². The normalized spacial score (nSPS) is 23.7. The van der Waals surface area contributed by atoms with Crippen LogP contribution >= 0.6 is 11.6 Å².